The fourth-order valence-electron chi connectivity index (χ4n) is 1.89. The first-order valence-corrected chi connectivity index (χ1v) is 6.92. The monoisotopic (exact) mass is 312 g/mol. The molecule has 0 spiro atoms. The van der Waals surface area contributed by atoms with E-state index in [0.29, 0.717) is 30.2 Å². The van der Waals surface area contributed by atoms with Gasteiger partial charge in [-0.15, -0.1) is 12.4 Å². The summed E-state index contributed by atoms with van der Waals surface area (Å²) in [6.07, 6.45) is 0.485. The Labute approximate surface area is 130 Å². The summed E-state index contributed by atoms with van der Waals surface area (Å²) in [5.74, 6) is 1.12. The van der Waals surface area contributed by atoms with E-state index in [4.69, 9.17) is 4.74 Å². The minimum Gasteiger partial charge on any atom is -0.484 e. The van der Waals surface area contributed by atoms with Gasteiger partial charge in [-0.3, -0.25) is 9.59 Å². The van der Waals surface area contributed by atoms with Crippen molar-refractivity contribution in [2.45, 2.75) is 13.3 Å². The number of hydrogen-bond acceptors (Lipinski definition) is 4. The lowest BCUT2D eigenvalue weighted by Gasteiger charge is -2.27. The van der Waals surface area contributed by atoms with Gasteiger partial charge in [0.05, 0.1) is 0 Å². The van der Waals surface area contributed by atoms with Crippen molar-refractivity contribution in [2.75, 3.05) is 26.2 Å². The van der Waals surface area contributed by atoms with Gasteiger partial charge < -0.3 is 15.4 Å². The Kier molecular flexibility index (Phi) is 7.19. The zero-order valence-electron chi connectivity index (χ0n) is 12.1. The number of rotatable bonds is 7. The average molecular weight is 313 g/mol. The first kappa shape index (κ1) is 17.5. The van der Waals surface area contributed by atoms with Crippen LogP contribution in [0.5, 0.6) is 5.75 Å². The maximum Gasteiger partial charge on any atom is 0.257 e. The van der Waals surface area contributed by atoms with Crippen molar-refractivity contribution < 1.29 is 14.3 Å². The number of hydrogen-bond donors (Lipinski definition) is 2. The highest BCUT2D eigenvalue weighted by molar-refractivity contribution is 5.95. The lowest BCUT2D eigenvalue weighted by Crippen LogP contribution is -2.48. The standard InChI is InChI=1S/C15H20N2O3.ClH/c1-2-14(18)12-3-5-13(6-4-12)20-10-15(19)17-9-11-7-16-8-11;/h3-6,11,16H,2,7-10H2,1H3,(H,17,19);1H. The number of amides is 1. The number of ketones is 1. The SMILES string of the molecule is CCC(=O)c1ccc(OCC(=O)NCC2CNC2)cc1.Cl. The van der Waals surface area contributed by atoms with Crippen molar-refractivity contribution in [3.63, 3.8) is 0 Å². The molecule has 5 nitrogen and oxygen atoms in total. The number of carbonyl (C=O) groups excluding carboxylic acids is 2. The molecule has 6 heteroatoms. The molecule has 21 heavy (non-hydrogen) atoms. The molecule has 1 fully saturated rings. The number of Topliss-reactive ketones (excluding diaryl/α,β-unsaturated/α-hetero) is 1. The van der Waals surface area contributed by atoms with E-state index in [1.165, 1.54) is 0 Å². The van der Waals surface area contributed by atoms with E-state index in [9.17, 15) is 9.59 Å². The molecular weight excluding hydrogens is 292 g/mol. The van der Waals surface area contributed by atoms with Crippen molar-refractivity contribution in [2.24, 2.45) is 5.92 Å². The Hall–Kier alpha value is -1.59. The van der Waals surface area contributed by atoms with Crippen LogP contribution >= 0.6 is 12.4 Å². The molecule has 2 rings (SSSR count). The highest BCUT2D eigenvalue weighted by atomic mass is 35.5. The smallest absolute Gasteiger partial charge is 0.257 e. The van der Waals surface area contributed by atoms with Crippen LogP contribution in [0, 0.1) is 5.92 Å². The molecule has 1 saturated heterocycles. The van der Waals surface area contributed by atoms with Crippen LogP contribution in [0.2, 0.25) is 0 Å². The van der Waals surface area contributed by atoms with Crippen molar-refractivity contribution in [3.05, 3.63) is 29.8 Å². The van der Waals surface area contributed by atoms with E-state index in [-0.39, 0.29) is 30.7 Å². The molecule has 0 atom stereocenters. The summed E-state index contributed by atoms with van der Waals surface area (Å²) >= 11 is 0. The maximum absolute atomic E-state index is 11.6. The second-order valence-electron chi connectivity index (χ2n) is 4.92. The molecule has 0 aromatic heterocycles. The van der Waals surface area contributed by atoms with Gasteiger partial charge in [0.2, 0.25) is 0 Å². The van der Waals surface area contributed by atoms with Crippen LogP contribution in [0.25, 0.3) is 0 Å². The van der Waals surface area contributed by atoms with Gasteiger partial charge in [-0.2, -0.15) is 0 Å². The molecular formula is C15H21ClN2O3. The van der Waals surface area contributed by atoms with Gasteiger partial charge in [0.1, 0.15) is 5.75 Å². The van der Waals surface area contributed by atoms with Crippen LogP contribution in [0.15, 0.2) is 24.3 Å². The third-order valence-electron chi connectivity index (χ3n) is 3.32. The third kappa shape index (κ3) is 5.36. The summed E-state index contributed by atoms with van der Waals surface area (Å²) in [7, 11) is 0. The Morgan fingerprint density at radius 3 is 2.48 bits per heavy atom. The van der Waals surface area contributed by atoms with Crippen LogP contribution in [0.4, 0.5) is 0 Å². The van der Waals surface area contributed by atoms with E-state index in [2.05, 4.69) is 10.6 Å². The van der Waals surface area contributed by atoms with E-state index in [1.54, 1.807) is 24.3 Å². The normalized spacial score (nSPS) is 13.8. The molecule has 2 N–H and O–H groups in total. The molecule has 1 aliphatic rings. The number of benzene rings is 1. The minimum absolute atomic E-state index is 0. The number of ether oxygens (including phenoxy) is 1. The Bertz CT molecular complexity index is 472. The summed E-state index contributed by atoms with van der Waals surface area (Å²) in [5, 5.41) is 5.99. The van der Waals surface area contributed by atoms with Crippen molar-refractivity contribution in [3.8, 4) is 5.75 Å². The van der Waals surface area contributed by atoms with Gasteiger partial charge in [-0.1, -0.05) is 6.92 Å². The highest BCUT2D eigenvalue weighted by Crippen LogP contribution is 2.13. The van der Waals surface area contributed by atoms with Crippen LogP contribution in [0.1, 0.15) is 23.7 Å². The van der Waals surface area contributed by atoms with Crippen molar-refractivity contribution in [1.29, 1.82) is 0 Å². The van der Waals surface area contributed by atoms with Gasteiger partial charge in [0.15, 0.2) is 12.4 Å². The summed E-state index contributed by atoms with van der Waals surface area (Å²) < 4.78 is 5.38. The van der Waals surface area contributed by atoms with Gasteiger partial charge in [-0.25, -0.2) is 0 Å². The van der Waals surface area contributed by atoms with Crippen molar-refractivity contribution >= 4 is 24.1 Å². The first-order valence-electron chi connectivity index (χ1n) is 6.92. The molecule has 0 bridgehead atoms. The van der Waals surface area contributed by atoms with E-state index in [0.717, 1.165) is 13.1 Å². The molecule has 1 aromatic carbocycles. The first-order chi connectivity index (χ1) is 9.69. The van der Waals surface area contributed by atoms with Crippen molar-refractivity contribution in [1.82, 2.24) is 10.6 Å². The van der Waals surface area contributed by atoms with Crippen LogP contribution in [-0.4, -0.2) is 37.9 Å². The van der Waals surface area contributed by atoms with Crippen LogP contribution < -0.4 is 15.4 Å². The highest BCUT2D eigenvalue weighted by Gasteiger charge is 2.17. The number of carbonyl (C=O) groups is 2. The summed E-state index contributed by atoms with van der Waals surface area (Å²) in [4.78, 5) is 23.0. The number of nitrogens with one attached hydrogen (secondary N) is 2. The van der Waals surface area contributed by atoms with Gasteiger partial charge in [-0.05, 0) is 24.3 Å². The Morgan fingerprint density at radius 2 is 1.95 bits per heavy atom. The molecule has 1 heterocycles. The summed E-state index contributed by atoms with van der Waals surface area (Å²) in [5.41, 5.74) is 0.668. The fraction of sp³-hybridized carbons (Fsp3) is 0.467. The quantitative estimate of drug-likeness (QED) is 0.747. The average Bonchev–Trinajstić information content (AvgIpc) is 2.43. The van der Waals surface area contributed by atoms with Gasteiger partial charge >= 0.3 is 0 Å². The second-order valence-corrected chi connectivity index (χ2v) is 4.92. The van der Waals surface area contributed by atoms with Crippen LogP contribution in [0.3, 0.4) is 0 Å². The van der Waals surface area contributed by atoms with Gasteiger partial charge in [0.25, 0.3) is 5.91 Å². The molecule has 1 aromatic rings. The largest absolute Gasteiger partial charge is 0.484 e. The lowest BCUT2D eigenvalue weighted by molar-refractivity contribution is -0.123. The molecule has 1 amide bonds. The summed E-state index contributed by atoms with van der Waals surface area (Å²) in [6.45, 7) is 4.46. The predicted molar refractivity (Wildman–Crippen MR) is 83.2 cm³/mol. The molecule has 116 valence electrons. The zero-order chi connectivity index (χ0) is 14.4. The topological polar surface area (TPSA) is 67.4 Å². The molecule has 0 unspecified atom stereocenters. The maximum atomic E-state index is 11.6. The third-order valence-corrected chi connectivity index (χ3v) is 3.32. The van der Waals surface area contributed by atoms with Gasteiger partial charge in [0, 0.05) is 37.5 Å². The second kappa shape index (κ2) is 8.64. The van der Waals surface area contributed by atoms with E-state index < -0.39 is 0 Å². The predicted octanol–water partition coefficient (Wildman–Crippen LogP) is 1.42. The van der Waals surface area contributed by atoms with E-state index >= 15 is 0 Å². The Balaban J connectivity index is 0.00000220. The van der Waals surface area contributed by atoms with Crippen LogP contribution in [-0.2, 0) is 4.79 Å². The fourth-order valence-corrected chi connectivity index (χ4v) is 1.89. The van der Waals surface area contributed by atoms with E-state index in [1.807, 2.05) is 6.92 Å². The summed E-state index contributed by atoms with van der Waals surface area (Å²) in [6, 6.07) is 6.87. The molecule has 0 saturated carbocycles. The minimum atomic E-state index is -0.120. The molecule has 1 aliphatic heterocycles. The Morgan fingerprint density at radius 1 is 1.29 bits per heavy atom. The zero-order valence-corrected chi connectivity index (χ0v) is 12.9. The molecule has 0 aliphatic carbocycles. The number of halogens is 1. The lowest BCUT2D eigenvalue weighted by atomic mass is 10.0. The molecule has 0 radical (unpaired) electrons.